The van der Waals surface area contributed by atoms with Crippen LogP contribution in [0.1, 0.15) is 11.3 Å². The van der Waals surface area contributed by atoms with Crippen molar-refractivity contribution in [1.29, 1.82) is 0 Å². The molecule has 0 amide bonds. The molecule has 1 aromatic carbocycles. The van der Waals surface area contributed by atoms with Gasteiger partial charge in [-0.15, -0.1) is 0 Å². The summed E-state index contributed by atoms with van der Waals surface area (Å²) in [5, 5.41) is 0. The molecule has 0 saturated heterocycles. The van der Waals surface area contributed by atoms with E-state index in [1.54, 1.807) is 18.3 Å². The van der Waals surface area contributed by atoms with E-state index in [0.29, 0.717) is 11.4 Å². The van der Waals surface area contributed by atoms with Crippen molar-refractivity contribution in [2.75, 3.05) is 0 Å². The van der Waals surface area contributed by atoms with Gasteiger partial charge in [-0.3, -0.25) is 0 Å². The van der Waals surface area contributed by atoms with Crippen molar-refractivity contribution in [2.45, 2.75) is 6.92 Å². The Morgan fingerprint density at radius 1 is 1.24 bits per heavy atom. The number of nitrogens with zero attached hydrogens (tertiary/aromatic N) is 1. The lowest BCUT2D eigenvalue weighted by atomic mass is 10.2. The first-order chi connectivity index (χ1) is 8.16. The van der Waals surface area contributed by atoms with E-state index >= 15 is 0 Å². The van der Waals surface area contributed by atoms with E-state index in [-0.39, 0.29) is 4.99 Å². The van der Waals surface area contributed by atoms with Crippen LogP contribution in [-0.4, -0.2) is 9.97 Å². The third kappa shape index (κ3) is 2.79. The zero-order valence-corrected chi connectivity index (χ0v) is 10.2. The smallest absolute Gasteiger partial charge is 0.145 e. The maximum atomic E-state index is 5.70. The zero-order valence-electron chi connectivity index (χ0n) is 9.38. The van der Waals surface area contributed by atoms with Crippen LogP contribution in [0.2, 0.25) is 0 Å². The van der Waals surface area contributed by atoms with Gasteiger partial charge in [-0.2, -0.15) is 0 Å². The van der Waals surface area contributed by atoms with Crippen molar-refractivity contribution in [1.82, 2.24) is 4.98 Å². The van der Waals surface area contributed by atoms with E-state index in [1.165, 1.54) is 0 Å². The summed E-state index contributed by atoms with van der Waals surface area (Å²) in [6.07, 6.45) is 1.61. The average Bonchev–Trinajstić information content (AvgIpc) is 2.33. The van der Waals surface area contributed by atoms with E-state index in [9.17, 15) is 0 Å². The predicted octanol–water partition coefficient (Wildman–Crippen LogP) is 2.82. The Morgan fingerprint density at radius 2 is 2.00 bits per heavy atom. The van der Waals surface area contributed by atoms with Crippen LogP contribution in [0.3, 0.4) is 0 Å². The molecule has 0 fully saturated rings. The number of hydrogen-bond donors (Lipinski definition) is 1. The van der Waals surface area contributed by atoms with Gasteiger partial charge < -0.3 is 10.5 Å². The summed E-state index contributed by atoms with van der Waals surface area (Å²) >= 11 is 4.83. The highest BCUT2D eigenvalue weighted by Gasteiger charge is 2.02. The summed E-state index contributed by atoms with van der Waals surface area (Å²) in [6, 6.07) is 11.3. The van der Waals surface area contributed by atoms with E-state index in [2.05, 4.69) is 4.98 Å². The van der Waals surface area contributed by atoms with Crippen LogP contribution in [0, 0.1) is 6.92 Å². The first-order valence-corrected chi connectivity index (χ1v) is 5.57. The van der Waals surface area contributed by atoms with Crippen LogP contribution >= 0.6 is 12.2 Å². The molecule has 2 rings (SSSR count). The number of aromatic nitrogens is 1. The van der Waals surface area contributed by atoms with Crippen molar-refractivity contribution < 1.29 is 4.74 Å². The number of thiocarbonyl (C=S) groups is 1. The summed E-state index contributed by atoms with van der Waals surface area (Å²) in [5.41, 5.74) is 7.14. The molecule has 17 heavy (non-hydrogen) atoms. The molecule has 2 aromatic rings. The second-order valence-corrected chi connectivity index (χ2v) is 4.05. The molecule has 0 aliphatic rings. The monoisotopic (exact) mass is 244 g/mol. The number of hydrogen-bond acceptors (Lipinski definition) is 3. The molecule has 3 nitrogen and oxygen atoms in total. The van der Waals surface area contributed by atoms with Crippen LogP contribution in [0.25, 0.3) is 0 Å². The molecule has 2 N–H and O–H groups in total. The Morgan fingerprint density at radius 3 is 2.59 bits per heavy atom. The third-order valence-electron chi connectivity index (χ3n) is 2.31. The van der Waals surface area contributed by atoms with E-state index < -0.39 is 0 Å². The highest BCUT2D eigenvalue weighted by atomic mass is 32.1. The maximum absolute atomic E-state index is 5.70. The molecule has 4 heteroatoms. The van der Waals surface area contributed by atoms with Crippen LogP contribution in [-0.2, 0) is 0 Å². The SMILES string of the molecule is Cc1ccccc1Oc1ccc(C(N)=S)nc1. The minimum Gasteiger partial charge on any atom is -0.455 e. The molecule has 0 bridgehead atoms. The summed E-state index contributed by atoms with van der Waals surface area (Å²) < 4.78 is 5.70. The Labute approximate surface area is 105 Å². The fourth-order valence-corrected chi connectivity index (χ4v) is 1.51. The Kier molecular flexibility index (Phi) is 3.35. The quantitative estimate of drug-likeness (QED) is 0.843. The largest absolute Gasteiger partial charge is 0.455 e. The van der Waals surface area contributed by atoms with Gasteiger partial charge in [-0.05, 0) is 30.7 Å². The van der Waals surface area contributed by atoms with Gasteiger partial charge in [0.1, 0.15) is 16.5 Å². The van der Waals surface area contributed by atoms with Crippen molar-refractivity contribution in [3.8, 4) is 11.5 Å². The topological polar surface area (TPSA) is 48.1 Å². The third-order valence-corrected chi connectivity index (χ3v) is 2.52. The molecule has 86 valence electrons. The van der Waals surface area contributed by atoms with Crippen LogP contribution in [0.5, 0.6) is 11.5 Å². The Bertz CT molecular complexity index is 537. The minimum atomic E-state index is 0.285. The highest BCUT2D eigenvalue weighted by molar-refractivity contribution is 7.80. The van der Waals surface area contributed by atoms with Gasteiger partial charge in [0.2, 0.25) is 0 Å². The molecule has 0 aliphatic carbocycles. The molecule has 1 heterocycles. The van der Waals surface area contributed by atoms with Gasteiger partial charge in [0.15, 0.2) is 0 Å². The fraction of sp³-hybridized carbons (Fsp3) is 0.0769. The number of benzene rings is 1. The lowest BCUT2D eigenvalue weighted by Crippen LogP contribution is -2.10. The lowest BCUT2D eigenvalue weighted by molar-refractivity contribution is 0.476. The molecule has 1 aromatic heterocycles. The molecule has 0 saturated carbocycles. The van der Waals surface area contributed by atoms with Gasteiger partial charge >= 0.3 is 0 Å². The molecular formula is C13H12N2OS. The second kappa shape index (κ2) is 4.93. The van der Waals surface area contributed by atoms with Gasteiger partial charge in [0.25, 0.3) is 0 Å². The zero-order chi connectivity index (χ0) is 12.3. The first kappa shape index (κ1) is 11.5. The molecule has 0 aliphatic heterocycles. The number of rotatable bonds is 3. The van der Waals surface area contributed by atoms with Crippen LogP contribution in [0.4, 0.5) is 0 Å². The summed E-state index contributed by atoms with van der Waals surface area (Å²) in [6.45, 7) is 1.99. The number of aryl methyl sites for hydroxylation is 1. The number of ether oxygens (including phenoxy) is 1. The minimum absolute atomic E-state index is 0.285. The maximum Gasteiger partial charge on any atom is 0.145 e. The number of para-hydroxylation sites is 1. The number of pyridine rings is 1. The van der Waals surface area contributed by atoms with Gasteiger partial charge in [-0.25, -0.2) is 4.98 Å². The molecular weight excluding hydrogens is 232 g/mol. The Balaban J connectivity index is 2.20. The highest BCUT2D eigenvalue weighted by Crippen LogP contribution is 2.23. The Hall–Kier alpha value is -1.94. The first-order valence-electron chi connectivity index (χ1n) is 5.16. The average molecular weight is 244 g/mol. The standard InChI is InChI=1S/C13H12N2OS/c1-9-4-2-3-5-12(9)16-10-6-7-11(13(14)17)15-8-10/h2-8H,1H3,(H2,14,17). The summed E-state index contributed by atoms with van der Waals surface area (Å²) in [5.74, 6) is 1.48. The van der Waals surface area contributed by atoms with E-state index in [4.69, 9.17) is 22.7 Å². The van der Waals surface area contributed by atoms with E-state index in [0.717, 1.165) is 11.3 Å². The fourth-order valence-electron chi connectivity index (χ4n) is 1.38. The van der Waals surface area contributed by atoms with Crippen molar-refractivity contribution in [3.63, 3.8) is 0 Å². The van der Waals surface area contributed by atoms with Gasteiger partial charge in [-0.1, -0.05) is 30.4 Å². The predicted molar refractivity (Wildman–Crippen MR) is 71.4 cm³/mol. The van der Waals surface area contributed by atoms with Crippen molar-refractivity contribution >= 4 is 17.2 Å². The van der Waals surface area contributed by atoms with Crippen molar-refractivity contribution in [2.24, 2.45) is 5.73 Å². The summed E-state index contributed by atoms with van der Waals surface area (Å²) in [7, 11) is 0. The second-order valence-electron chi connectivity index (χ2n) is 3.61. The van der Waals surface area contributed by atoms with Crippen molar-refractivity contribution in [3.05, 3.63) is 53.9 Å². The normalized spacial score (nSPS) is 9.94. The molecule has 0 atom stereocenters. The van der Waals surface area contributed by atoms with Gasteiger partial charge in [0.05, 0.1) is 11.9 Å². The van der Waals surface area contributed by atoms with Gasteiger partial charge in [0, 0.05) is 0 Å². The number of nitrogens with two attached hydrogens (primary N) is 1. The lowest BCUT2D eigenvalue weighted by Gasteiger charge is -2.08. The van der Waals surface area contributed by atoms with Crippen LogP contribution < -0.4 is 10.5 Å². The molecule has 0 radical (unpaired) electrons. The van der Waals surface area contributed by atoms with E-state index in [1.807, 2.05) is 31.2 Å². The molecule has 0 spiro atoms. The summed E-state index contributed by atoms with van der Waals surface area (Å²) in [4.78, 5) is 4.40. The molecule has 0 unspecified atom stereocenters. The van der Waals surface area contributed by atoms with Crippen LogP contribution in [0.15, 0.2) is 42.6 Å².